The molecule has 0 bridgehead atoms. The van der Waals surface area contributed by atoms with Crippen LogP contribution in [0.25, 0.3) is 0 Å². The Morgan fingerprint density at radius 3 is 2.64 bits per heavy atom. The molecular weight excluding hydrogens is 170 g/mol. The molecule has 1 aliphatic heterocycles. The average molecular weight is 181 g/mol. The zero-order valence-electron chi connectivity index (χ0n) is 6.02. The van der Waals surface area contributed by atoms with Gasteiger partial charge in [-0.05, 0) is 0 Å². The number of hydrogen-bond acceptors (Lipinski definition) is 4. The van der Waals surface area contributed by atoms with Crippen LogP contribution in [0.4, 0.5) is 0 Å². The zero-order chi connectivity index (χ0) is 8.32. The van der Waals surface area contributed by atoms with Crippen molar-refractivity contribution < 1.29 is 17.9 Å². The standard InChI is InChI=1S/C5H11NO4S/c6-11(7,8)4-5-3-9-1-2-10-5/h5H,1-4H2,(H2,6,7,8)/t5-/m1/s1. The SMILES string of the molecule is NS(=O)(=O)C[C@H]1COCCO1. The minimum absolute atomic E-state index is 0.160. The molecule has 1 aliphatic rings. The van der Waals surface area contributed by atoms with Crippen molar-refractivity contribution in [3.8, 4) is 0 Å². The average Bonchev–Trinajstić information content (AvgIpc) is 1.85. The van der Waals surface area contributed by atoms with E-state index in [1.165, 1.54) is 0 Å². The van der Waals surface area contributed by atoms with Gasteiger partial charge in [-0.15, -0.1) is 0 Å². The van der Waals surface area contributed by atoms with E-state index < -0.39 is 16.1 Å². The van der Waals surface area contributed by atoms with Gasteiger partial charge < -0.3 is 9.47 Å². The van der Waals surface area contributed by atoms with E-state index in [1.807, 2.05) is 0 Å². The quantitative estimate of drug-likeness (QED) is 0.573. The van der Waals surface area contributed by atoms with Gasteiger partial charge in [0.05, 0.1) is 31.7 Å². The Labute approximate surface area is 65.5 Å². The van der Waals surface area contributed by atoms with Crippen molar-refractivity contribution >= 4 is 10.0 Å². The second-order valence-corrected chi connectivity index (χ2v) is 4.06. The highest BCUT2D eigenvalue weighted by atomic mass is 32.2. The number of ether oxygens (including phenoxy) is 2. The predicted octanol–water partition coefficient (Wildman–Crippen LogP) is -1.31. The van der Waals surface area contributed by atoms with Gasteiger partial charge in [0.15, 0.2) is 0 Å². The topological polar surface area (TPSA) is 78.6 Å². The third kappa shape index (κ3) is 3.66. The highest BCUT2D eigenvalue weighted by Gasteiger charge is 2.19. The summed E-state index contributed by atoms with van der Waals surface area (Å²) in [5, 5.41) is 4.80. The molecule has 0 spiro atoms. The molecule has 0 saturated carbocycles. The first kappa shape index (κ1) is 8.92. The fourth-order valence-electron chi connectivity index (χ4n) is 0.892. The van der Waals surface area contributed by atoms with Crippen LogP contribution < -0.4 is 5.14 Å². The van der Waals surface area contributed by atoms with Crippen molar-refractivity contribution in [2.45, 2.75) is 6.10 Å². The largest absolute Gasteiger partial charge is 0.376 e. The fourth-order valence-corrected chi connectivity index (χ4v) is 1.60. The normalized spacial score (nSPS) is 26.8. The molecule has 1 atom stereocenters. The molecule has 0 unspecified atom stereocenters. The molecule has 1 rings (SSSR count). The fraction of sp³-hybridized carbons (Fsp3) is 1.00. The molecule has 0 aliphatic carbocycles. The van der Waals surface area contributed by atoms with E-state index in [0.29, 0.717) is 19.8 Å². The van der Waals surface area contributed by atoms with Gasteiger partial charge in [-0.1, -0.05) is 0 Å². The lowest BCUT2D eigenvalue weighted by Gasteiger charge is -2.21. The Hall–Kier alpha value is -0.170. The highest BCUT2D eigenvalue weighted by molar-refractivity contribution is 7.89. The van der Waals surface area contributed by atoms with Gasteiger partial charge in [-0.2, -0.15) is 0 Å². The van der Waals surface area contributed by atoms with Crippen LogP contribution in [0.5, 0.6) is 0 Å². The van der Waals surface area contributed by atoms with Crippen molar-refractivity contribution in [2.75, 3.05) is 25.6 Å². The Morgan fingerprint density at radius 1 is 1.45 bits per heavy atom. The first-order chi connectivity index (χ1) is 5.08. The van der Waals surface area contributed by atoms with Crippen molar-refractivity contribution in [2.24, 2.45) is 5.14 Å². The lowest BCUT2D eigenvalue weighted by Crippen LogP contribution is -2.36. The summed E-state index contributed by atoms with van der Waals surface area (Å²) in [6.07, 6.45) is -0.390. The number of nitrogens with two attached hydrogens (primary N) is 1. The second kappa shape index (κ2) is 3.48. The first-order valence-corrected chi connectivity index (χ1v) is 4.99. The number of sulfonamides is 1. The summed E-state index contributed by atoms with van der Waals surface area (Å²) in [5.41, 5.74) is 0. The monoisotopic (exact) mass is 181 g/mol. The molecule has 0 radical (unpaired) electrons. The van der Waals surface area contributed by atoms with Crippen LogP contribution in [-0.2, 0) is 19.5 Å². The van der Waals surface area contributed by atoms with Crippen molar-refractivity contribution in [3.05, 3.63) is 0 Å². The van der Waals surface area contributed by atoms with E-state index in [2.05, 4.69) is 0 Å². The Kier molecular flexibility index (Phi) is 2.83. The molecule has 1 heterocycles. The van der Waals surface area contributed by atoms with Crippen LogP contribution in [0.1, 0.15) is 0 Å². The van der Waals surface area contributed by atoms with Crippen LogP contribution in [0.2, 0.25) is 0 Å². The Bertz CT molecular complexity index is 207. The van der Waals surface area contributed by atoms with Crippen LogP contribution in [-0.4, -0.2) is 40.1 Å². The van der Waals surface area contributed by atoms with Gasteiger partial charge in [0.2, 0.25) is 10.0 Å². The summed E-state index contributed by atoms with van der Waals surface area (Å²) in [7, 11) is -3.43. The Morgan fingerprint density at radius 2 is 2.18 bits per heavy atom. The minimum atomic E-state index is -3.43. The molecule has 5 nitrogen and oxygen atoms in total. The molecule has 0 aromatic carbocycles. The maximum Gasteiger partial charge on any atom is 0.211 e. The third-order valence-electron chi connectivity index (χ3n) is 1.30. The number of primary sulfonamides is 1. The molecule has 66 valence electrons. The lowest BCUT2D eigenvalue weighted by atomic mass is 10.4. The van der Waals surface area contributed by atoms with E-state index in [4.69, 9.17) is 14.6 Å². The molecular formula is C5H11NO4S. The molecule has 6 heteroatoms. The molecule has 0 amide bonds. The van der Waals surface area contributed by atoms with Gasteiger partial charge in [-0.25, -0.2) is 13.6 Å². The van der Waals surface area contributed by atoms with Crippen LogP contribution in [0, 0.1) is 0 Å². The molecule has 2 N–H and O–H groups in total. The van der Waals surface area contributed by atoms with Crippen LogP contribution in [0.3, 0.4) is 0 Å². The van der Waals surface area contributed by atoms with E-state index in [-0.39, 0.29) is 5.75 Å². The second-order valence-electron chi connectivity index (χ2n) is 2.40. The summed E-state index contributed by atoms with van der Waals surface area (Å²) in [4.78, 5) is 0. The van der Waals surface area contributed by atoms with Gasteiger partial charge in [-0.3, -0.25) is 0 Å². The maximum absolute atomic E-state index is 10.5. The first-order valence-electron chi connectivity index (χ1n) is 3.28. The van der Waals surface area contributed by atoms with Crippen LogP contribution in [0.15, 0.2) is 0 Å². The van der Waals surface area contributed by atoms with Crippen molar-refractivity contribution in [1.29, 1.82) is 0 Å². The highest BCUT2D eigenvalue weighted by Crippen LogP contribution is 2.01. The van der Waals surface area contributed by atoms with E-state index in [1.54, 1.807) is 0 Å². The third-order valence-corrected chi connectivity index (χ3v) is 2.14. The van der Waals surface area contributed by atoms with E-state index in [9.17, 15) is 8.42 Å². The van der Waals surface area contributed by atoms with Gasteiger partial charge in [0, 0.05) is 0 Å². The molecule has 11 heavy (non-hydrogen) atoms. The van der Waals surface area contributed by atoms with Gasteiger partial charge in [0.25, 0.3) is 0 Å². The Balaban J connectivity index is 2.36. The minimum Gasteiger partial charge on any atom is -0.376 e. The van der Waals surface area contributed by atoms with Crippen molar-refractivity contribution in [1.82, 2.24) is 0 Å². The van der Waals surface area contributed by atoms with E-state index >= 15 is 0 Å². The molecule has 1 saturated heterocycles. The maximum atomic E-state index is 10.5. The molecule has 0 aromatic heterocycles. The zero-order valence-corrected chi connectivity index (χ0v) is 6.84. The summed E-state index contributed by atoms with van der Waals surface area (Å²) in [5.74, 6) is -0.160. The number of hydrogen-bond donors (Lipinski definition) is 1. The lowest BCUT2D eigenvalue weighted by molar-refractivity contribution is -0.0782. The molecule has 0 aromatic rings. The summed E-state index contributed by atoms with van der Waals surface area (Å²) in [6, 6.07) is 0. The van der Waals surface area contributed by atoms with Gasteiger partial charge >= 0.3 is 0 Å². The van der Waals surface area contributed by atoms with Crippen molar-refractivity contribution in [3.63, 3.8) is 0 Å². The molecule has 1 fully saturated rings. The summed E-state index contributed by atoms with van der Waals surface area (Å²) >= 11 is 0. The van der Waals surface area contributed by atoms with E-state index in [0.717, 1.165) is 0 Å². The predicted molar refractivity (Wildman–Crippen MR) is 38.5 cm³/mol. The number of rotatable bonds is 2. The summed E-state index contributed by atoms with van der Waals surface area (Å²) in [6.45, 7) is 1.29. The van der Waals surface area contributed by atoms with Crippen LogP contribution >= 0.6 is 0 Å². The summed E-state index contributed by atoms with van der Waals surface area (Å²) < 4.78 is 31.1. The smallest absolute Gasteiger partial charge is 0.211 e. The van der Waals surface area contributed by atoms with Gasteiger partial charge in [0.1, 0.15) is 0 Å².